The summed E-state index contributed by atoms with van der Waals surface area (Å²) in [4.78, 5) is 16.9. The molecule has 150 valence electrons. The molecule has 0 saturated carbocycles. The summed E-state index contributed by atoms with van der Waals surface area (Å²) in [6, 6.07) is 7.99. The zero-order chi connectivity index (χ0) is 20.1. The molecule has 8 nitrogen and oxygen atoms in total. The molecule has 0 unspecified atom stereocenters. The average Bonchev–Trinajstić information content (AvgIpc) is 3.18. The largest absolute Gasteiger partial charge is 0.404 e. The maximum absolute atomic E-state index is 6.14. The van der Waals surface area contributed by atoms with Crippen LogP contribution in [0.15, 0.2) is 47.9 Å². The first-order valence-electron chi connectivity index (χ1n) is 9.82. The summed E-state index contributed by atoms with van der Waals surface area (Å²) in [5.41, 5.74) is 16.1. The Morgan fingerprint density at radius 1 is 1.28 bits per heavy atom. The highest BCUT2D eigenvalue weighted by molar-refractivity contribution is 6.09. The van der Waals surface area contributed by atoms with Crippen LogP contribution >= 0.6 is 0 Å². The number of aliphatic imine (C=N–C) groups is 1. The number of nitrogens with zero attached hydrogens (tertiary/aromatic N) is 3. The van der Waals surface area contributed by atoms with Gasteiger partial charge in [0.2, 0.25) is 0 Å². The van der Waals surface area contributed by atoms with Gasteiger partial charge in [0.25, 0.3) is 0 Å². The van der Waals surface area contributed by atoms with Crippen molar-refractivity contribution in [1.29, 1.82) is 0 Å². The third-order valence-corrected chi connectivity index (χ3v) is 5.12. The molecule has 1 fully saturated rings. The third kappa shape index (κ3) is 4.38. The maximum atomic E-state index is 6.14. The van der Waals surface area contributed by atoms with E-state index in [0.29, 0.717) is 24.1 Å². The molecular formula is C21H26N8. The Morgan fingerprint density at radius 3 is 2.97 bits per heavy atom. The van der Waals surface area contributed by atoms with Gasteiger partial charge in [-0.15, -0.1) is 0 Å². The fraction of sp³-hybridized carbons (Fsp3) is 0.286. The van der Waals surface area contributed by atoms with E-state index in [1.807, 2.05) is 36.7 Å². The van der Waals surface area contributed by atoms with Crippen molar-refractivity contribution in [1.82, 2.24) is 20.3 Å². The predicted octanol–water partition coefficient (Wildman–Crippen LogP) is 2.27. The van der Waals surface area contributed by atoms with Crippen LogP contribution in [0.3, 0.4) is 0 Å². The first-order valence-corrected chi connectivity index (χ1v) is 9.82. The number of allylic oxidation sites excluding steroid dienone is 1. The Bertz CT molecular complexity index is 1030. The average molecular weight is 390 g/mol. The van der Waals surface area contributed by atoms with Crippen molar-refractivity contribution >= 4 is 34.3 Å². The van der Waals surface area contributed by atoms with Crippen LogP contribution in [-0.2, 0) is 6.54 Å². The molecular weight excluding hydrogens is 364 g/mol. The summed E-state index contributed by atoms with van der Waals surface area (Å²) in [6.07, 6.45) is 9.15. The van der Waals surface area contributed by atoms with Crippen molar-refractivity contribution in [2.45, 2.75) is 25.4 Å². The minimum atomic E-state index is 0.327. The Labute approximate surface area is 169 Å². The fourth-order valence-electron chi connectivity index (χ4n) is 3.45. The van der Waals surface area contributed by atoms with Crippen LogP contribution in [-0.4, -0.2) is 40.3 Å². The quantitative estimate of drug-likeness (QED) is 0.411. The number of piperidine rings is 1. The van der Waals surface area contributed by atoms with Gasteiger partial charge < -0.3 is 27.1 Å². The zero-order valence-electron chi connectivity index (χ0n) is 16.2. The molecule has 0 aliphatic carbocycles. The summed E-state index contributed by atoms with van der Waals surface area (Å²) in [5, 5.41) is 7.75. The maximum Gasteiger partial charge on any atom is 0.150 e. The lowest BCUT2D eigenvalue weighted by Crippen LogP contribution is -2.29. The lowest BCUT2D eigenvalue weighted by Gasteiger charge is -2.18. The lowest BCUT2D eigenvalue weighted by atomic mass is 10.1. The van der Waals surface area contributed by atoms with Crippen molar-refractivity contribution in [2.75, 3.05) is 24.1 Å². The van der Waals surface area contributed by atoms with Crippen LogP contribution in [0.5, 0.6) is 0 Å². The van der Waals surface area contributed by atoms with Gasteiger partial charge in [-0.05, 0) is 55.8 Å². The number of pyridine rings is 2. The minimum absolute atomic E-state index is 0.327. The van der Waals surface area contributed by atoms with Crippen LogP contribution in [0, 0.1) is 0 Å². The molecule has 0 aromatic carbocycles. The molecule has 4 rings (SSSR count). The smallest absolute Gasteiger partial charge is 0.150 e. The summed E-state index contributed by atoms with van der Waals surface area (Å²) in [6.45, 7) is 2.58. The normalized spacial score (nSPS) is 15.9. The Morgan fingerprint density at radius 2 is 2.14 bits per heavy atom. The fourth-order valence-corrected chi connectivity index (χ4v) is 3.45. The molecule has 0 radical (unpaired) electrons. The standard InChI is InChI=1S/C21H26N8/c22-10-14(11-26-16-5-8-24-9-6-16)19-4-3-18(23)21(29-19)28-13-15-12-27-20-17(15)2-1-7-25-20/h1-4,7,10-12,16,24H,5-6,8-9,13,22-23H2,(H,25,27)(H,28,29). The first kappa shape index (κ1) is 18.9. The van der Waals surface area contributed by atoms with Crippen LogP contribution in [0.25, 0.3) is 16.6 Å². The first-order chi connectivity index (χ1) is 14.2. The van der Waals surface area contributed by atoms with Gasteiger partial charge in [-0.1, -0.05) is 0 Å². The van der Waals surface area contributed by atoms with Gasteiger partial charge in [-0.25, -0.2) is 9.97 Å². The van der Waals surface area contributed by atoms with Crippen molar-refractivity contribution < 1.29 is 0 Å². The molecule has 1 aliphatic rings. The number of fused-ring (bicyclic) bond motifs is 1. The lowest BCUT2D eigenvalue weighted by molar-refractivity contribution is 0.461. The van der Waals surface area contributed by atoms with Crippen molar-refractivity contribution in [3.63, 3.8) is 0 Å². The molecule has 7 N–H and O–H groups in total. The number of nitrogens with one attached hydrogen (secondary N) is 3. The van der Waals surface area contributed by atoms with Crippen LogP contribution < -0.4 is 22.1 Å². The van der Waals surface area contributed by atoms with Crippen molar-refractivity contribution in [3.05, 3.63) is 54.1 Å². The molecule has 0 atom stereocenters. The summed E-state index contributed by atoms with van der Waals surface area (Å²) in [7, 11) is 0. The number of rotatable bonds is 6. The molecule has 1 aliphatic heterocycles. The van der Waals surface area contributed by atoms with Crippen LogP contribution in [0.1, 0.15) is 24.1 Å². The van der Waals surface area contributed by atoms with E-state index >= 15 is 0 Å². The van der Waals surface area contributed by atoms with Crippen LogP contribution in [0.2, 0.25) is 0 Å². The van der Waals surface area contributed by atoms with E-state index in [4.69, 9.17) is 11.5 Å². The van der Waals surface area contributed by atoms with Gasteiger partial charge in [0, 0.05) is 42.3 Å². The highest BCUT2D eigenvalue weighted by Crippen LogP contribution is 2.22. The molecule has 0 amide bonds. The van der Waals surface area contributed by atoms with Crippen LogP contribution in [0.4, 0.5) is 11.5 Å². The second kappa shape index (κ2) is 8.74. The summed E-state index contributed by atoms with van der Waals surface area (Å²) >= 11 is 0. The topological polar surface area (TPSA) is 130 Å². The Kier molecular flexibility index (Phi) is 5.71. The number of nitrogens with two attached hydrogens (primary N) is 2. The van der Waals surface area contributed by atoms with Gasteiger partial charge in [0.05, 0.1) is 17.4 Å². The number of aromatic nitrogens is 3. The van der Waals surface area contributed by atoms with Crippen molar-refractivity contribution in [3.8, 4) is 0 Å². The third-order valence-electron chi connectivity index (χ3n) is 5.12. The van der Waals surface area contributed by atoms with Gasteiger partial charge in [0.15, 0.2) is 0 Å². The molecule has 0 bridgehead atoms. The van der Waals surface area contributed by atoms with Gasteiger partial charge in [-0.2, -0.15) is 0 Å². The van der Waals surface area contributed by atoms with Crippen molar-refractivity contribution in [2.24, 2.45) is 10.7 Å². The molecule has 0 spiro atoms. The van der Waals surface area contributed by atoms with Gasteiger partial charge in [-0.3, -0.25) is 4.99 Å². The van der Waals surface area contributed by atoms with Gasteiger partial charge >= 0.3 is 0 Å². The zero-order valence-corrected chi connectivity index (χ0v) is 16.2. The van der Waals surface area contributed by atoms with E-state index in [9.17, 15) is 0 Å². The minimum Gasteiger partial charge on any atom is -0.404 e. The van der Waals surface area contributed by atoms with Gasteiger partial charge in [0.1, 0.15) is 11.5 Å². The Hall–Kier alpha value is -3.39. The van der Waals surface area contributed by atoms with E-state index in [1.165, 1.54) is 6.20 Å². The van der Waals surface area contributed by atoms with E-state index in [-0.39, 0.29) is 0 Å². The number of H-pyrrole nitrogens is 1. The van der Waals surface area contributed by atoms with E-state index in [2.05, 4.69) is 30.6 Å². The van der Waals surface area contributed by atoms with E-state index < -0.39 is 0 Å². The molecule has 3 aromatic rings. The summed E-state index contributed by atoms with van der Waals surface area (Å²) < 4.78 is 0. The molecule has 4 heterocycles. The number of aromatic amines is 1. The summed E-state index contributed by atoms with van der Waals surface area (Å²) in [5.74, 6) is 0.621. The highest BCUT2D eigenvalue weighted by atomic mass is 15.0. The number of hydrogen-bond acceptors (Lipinski definition) is 7. The molecule has 1 saturated heterocycles. The predicted molar refractivity (Wildman–Crippen MR) is 119 cm³/mol. The number of nitrogen functional groups attached to an aromatic ring is 1. The Balaban J connectivity index is 1.49. The molecule has 3 aromatic heterocycles. The van der Waals surface area contributed by atoms with E-state index in [0.717, 1.165) is 53.8 Å². The second-order valence-corrected chi connectivity index (χ2v) is 7.08. The monoisotopic (exact) mass is 390 g/mol. The second-order valence-electron chi connectivity index (χ2n) is 7.08. The number of anilines is 2. The highest BCUT2D eigenvalue weighted by Gasteiger charge is 2.12. The molecule has 8 heteroatoms. The molecule has 29 heavy (non-hydrogen) atoms. The SMILES string of the molecule is NC=C(C=NC1CCNCC1)c1ccc(N)c(NCc2c[nH]c3ncccc23)n1. The van der Waals surface area contributed by atoms with E-state index in [1.54, 1.807) is 6.20 Å². The number of hydrogen-bond donors (Lipinski definition) is 5.